The molecule has 0 amide bonds. The Hall–Kier alpha value is -2.21. The zero-order valence-corrected chi connectivity index (χ0v) is 12.9. The summed E-state index contributed by atoms with van der Waals surface area (Å²) in [7, 11) is 1.37. The summed E-state index contributed by atoms with van der Waals surface area (Å²) in [6.07, 6.45) is 5.35. The molecule has 0 N–H and O–H groups in total. The molecule has 0 atom stereocenters. The van der Waals surface area contributed by atoms with E-state index in [1.54, 1.807) is 23.1 Å². The van der Waals surface area contributed by atoms with E-state index in [-0.39, 0.29) is 5.97 Å². The highest BCUT2D eigenvalue weighted by Gasteiger charge is 2.14. The molecule has 5 nitrogen and oxygen atoms in total. The van der Waals surface area contributed by atoms with Crippen LogP contribution in [-0.4, -0.2) is 27.8 Å². The molecule has 0 spiro atoms. The first-order valence-corrected chi connectivity index (χ1v) is 7.10. The Balaban J connectivity index is 2.05. The van der Waals surface area contributed by atoms with Crippen LogP contribution in [0.2, 0.25) is 0 Å². The Morgan fingerprint density at radius 1 is 1.33 bits per heavy atom. The van der Waals surface area contributed by atoms with Gasteiger partial charge in [0.2, 0.25) is 0 Å². The van der Waals surface area contributed by atoms with Crippen molar-refractivity contribution in [2.45, 2.75) is 6.54 Å². The van der Waals surface area contributed by atoms with Gasteiger partial charge < -0.3 is 4.74 Å². The second kappa shape index (κ2) is 5.65. The van der Waals surface area contributed by atoms with E-state index < -0.39 is 0 Å². The molecule has 106 valence electrons. The molecule has 0 radical (unpaired) electrons. The van der Waals surface area contributed by atoms with Gasteiger partial charge in [0.25, 0.3) is 0 Å². The molecule has 3 aromatic rings. The molecule has 6 heteroatoms. The summed E-state index contributed by atoms with van der Waals surface area (Å²) in [6.45, 7) is 0.620. The number of ether oxygens (including phenoxy) is 1. The number of hydrogen-bond donors (Lipinski definition) is 0. The highest BCUT2D eigenvalue weighted by molar-refractivity contribution is 9.10. The minimum Gasteiger partial charge on any atom is -0.465 e. The number of nitrogens with zero attached hydrogens (tertiary/aromatic N) is 3. The molecule has 0 aliphatic heterocycles. The van der Waals surface area contributed by atoms with Crippen LogP contribution in [0.25, 0.3) is 10.9 Å². The predicted octanol–water partition coefficient (Wildman–Crippen LogP) is 3.03. The van der Waals surface area contributed by atoms with Crippen LogP contribution in [0.3, 0.4) is 0 Å². The van der Waals surface area contributed by atoms with E-state index >= 15 is 0 Å². The second-order valence-corrected chi connectivity index (χ2v) is 5.48. The summed E-state index contributed by atoms with van der Waals surface area (Å²) in [4.78, 5) is 15.9. The van der Waals surface area contributed by atoms with E-state index in [4.69, 9.17) is 4.74 Å². The van der Waals surface area contributed by atoms with Gasteiger partial charge in [-0.3, -0.25) is 9.67 Å². The van der Waals surface area contributed by atoms with Crippen molar-refractivity contribution in [1.29, 1.82) is 0 Å². The molecule has 0 saturated carbocycles. The number of rotatable bonds is 3. The number of benzene rings is 1. The number of hydrogen-bond acceptors (Lipinski definition) is 4. The molecule has 0 unspecified atom stereocenters. The van der Waals surface area contributed by atoms with Crippen molar-refractivity contribution in [1.82, 2.24) is 14.8 Å². The van der Waals surface area contributed by atoms with Gasteiger partial charge >= 0.3 is 5.97 Å². The maximum atomic E-state index is 11.9. The van der Waals surface area contributed by atoms with Gasteiger partial charge in [-0.15, -0.1) is 0 Å². The number of carbonyl (C=O) groups is 1. The van der Waals surface area contributed by atoms with Crippen LogP contribution in [0.15, 0.2) is 47.3 Å². The highest BCUT2D eigenvalue weighted by atomic mass is 79.9. The van der Waals surface area contributed by atoms with E-state index in [1.165, 1.54) is 7.11 Å². The van der Waals surface area contributed by atoms with Crippen molar-refractivity contribution in [2.75, 3.05) is 7.11 Å². The first-order valence-electron chi connectivity index (χ1n) is 6.31. The summed E-state index contributed by atoms with van der Waals surface area (Å²) in [5, 5.41) is 5.28. The fourth-order valence-corrected chi connectivity index (χ4v) is 2.62. The van der Waals surface area contributed by atoms with Crippen LogP contribution >= 0.6 is 15.9 Å². The standard InChI is InChI=1S/C15H12BrN3O2/c1-21-15(20)12-6-11(16)7-14-13(12)9-19(18-14)8-10-2-4-17-5-3-10/h2-7,9H,8H2,1H3. The molecule has 0 saturated heterocycles. The van der Waals surface area contributed by atoms with Crippen LogP contribution in [-0.2, 0) is 11.3 Å². The predicted molar refractivity (Wildman–Crippen MR) is 82.1 cm³/mol. The Kier molecular flexibility index (Phi) is 3.70. The fraction of sp³-hybridized carbons (Fsp3) is 0.133. The van der Waals surface area contributed by atoms with Crippen LogP contribution in [0.4, 0.5) is 0 Å². The zero-order valence-electron chi connectivity index (χ0n) is 11.3. The molecule has 0 aliphatic carbocycles. The monoisotopic (exact) mass is 345 g/mol. The van der Waals surface area contributed by atoms with Crippen LogP contribution < -0.4 is 0 Å². The number of aromatic nitrogens is 3. The third-order valence-electron chi connectivity index (χ3n) is 3.14. The van der Waals surface area contributed by atoms with Crippen molar-refractivity contribution in [3.05, 3.63) is 58.5 Å². The lowest BCUT2D eigenvalue weighted by atomic mass is 10.1. The summed E-state index contributed by atoms with van der Waals surface area (Å²) in [5.41, 5.74) is 2.35. The summed E-state index contributed by atoms with van der Waals surface area (Å²) < 4.78 is 7.42. The lowest BCUT2D eigenvalue weighted by Crippen LogP contribution is -2.01. The summed E-state index contributed by atoms with van der Waals surface area (Å²) in [6, 6.07) is 7.49. The van der Waals surface area contributed by atoms with Crippen LogP contribution in [0, 0.1) is 0 Å². The first kappa shape index (κ1) is 13.8. The van der Waals surface area contributed by atoms with Gasteiger partial charge in [-0.05, 0) is 29.8 Å². The van der Waals surface area contributed by atoms with Gasteiger partial charge in [-0.1, -0.05) is 15.9 Å². The zero-order chi connectivity index (χ0) is 14.8. The number of methoxy groups -OCH3 is 1. The Morgan fingerprint density at radius 3 is 2.81 bits per heavy atom. The number of carbonyl (C=O) groups excluding carboxylic acids is 1. The van der Waals surface area contributed by atoms with Crippen molar-refractivity contribution < 1.29 is 9.53 Å². The van der Waals surface area contributed by atoms with E-state index in [1.807, 2.05) is 24.4 Å². The van der Waals surface area contributed by atoms with E-state index in [0.29, 0.717) is 12.1 Å². The van der Waals surface area contributed by atoms with E-state index in [9.17, 15) is 4.79 Å². The van der Waals surface area contributed by atoms with Crippen LogP contribution in [0.5, 0.6) is 0 Å². The third-order valence-corrected chi connectivity index (χ3v) is 3.59. The Morgan fingerprint density at radius 2 is 2.10 bits per heavy atom. The van der Waals surface area contributed by atoms with Gasteiger partial charge in [-0.2, -0.15) is 5.10 Å². The average Bonchev–Trinajstić information content (AvgIpc) is 2.88. The number of esters is 1. The van der Waals surface area contributed by atoms with Crippen molar-refractivity contribution in [3.63, 3.8) is 0 Å². The molecule has 0 aliphatic rings. The van der Waals surface area contributed by atoms with Gasteiger partial charge in [0.15, 0.2) is 0 Å². The minimum absolute atomic E-state index is 0.371. The van der Waals surface area contributed by atoms with Gasteiger partial charge in [0, 0.05) is 28.4 Å². The summed E-state index contributed by atoms with van der Waals surface area (Å²) in [5.74, 6) is -0.371. The molecule has 0 fully saturated rings. The Bertz CT molecular complexity index is 799. The molecule has 1 aromatic carbocycles. The van der Waals surface area contributed by atoms with Crippen LogP contribution in [0.1, 0.15) is 15.9 Å². The van der Waals surface area contributed by atoms with Gasteiger partial charge in [0.1, 0.15) is 0 Å². The number of halogens is 1. The van der Waals surface area contributed by atoms with E-state index in [0.717, 1.165) is 20.9 Å². The third kappa shape index (κ3) is 2.80. The Labute approximate surface area is 129 Å². The SMILES string of the molecule is COC(=O)c1cc(Br)cc2nn(Cc3ccncc3)cc12. The lowest BCUT2D eigenvalue weighted by molar-refractivity contribution is 0.0603. The molecule has 2 heterocycles. The molecule has 21 heavy (non-hydrogen) atoms. The van der Waals surface area contributed by atoms with E-state index in [2.05, 4.69) is 26.0 Å². The largest absolute Gasteiger partial charge is 0.465 e. The summed E-state index contributed by atoms with van der Waals surface area (Å²) >= 11 is 3.39. The van der Waals surface area contributed by atoms with Crippen molar-refractivity contribution in [3.8, 4) is 0 Å². The van der Waals surface area contributed by atoms with Crippen molar-refractivity contribution >= 4 is 32.8 Å². The number of fused-ring (bicyclic) bond motifs is 1. The minimum atomic E-state index is -0.371. The topological polar surface area (TPSA) is 57.0 Å². The molecular formula is C15H12BrN3O2. The normalized spacial score (nSPS) is 10.8. The first-order chi connectivity index (χ1) is 10.2. The highest BCUT2D eigenvalue weighted by Crippen LogP contribution is 2.24. The lowest BCUT2D eigenvalue weighted by Gasteiger charge is -2.01. The van der Waals surface area contributed by atoms with Crippen molar-refractivity contribution in [2.24, 2.45) is 0 Å². The average molecular weight is 346 g/mol. The maximum Gasteiger partial charge on any atom is 0.338 e. The second-order valence-electron chi connectivity index (χ2n) is 4.56. The number of pyridine rings is 1. The molecule has 3 rings (SSSR count). The molecule has 0 bridgehead atoms. The van der Waals surface area contributed by atoms with Gasteiger partial charge in [-0.25, -0.2) is 4.79 Å². The smallest absolute Gasteiger partial charge is 0.338 e. The molecule has 2 aromatic heterocycles. The molecular weight excluding hydrogens is 334 g/mol. The quantitative estimate of drug-likeness (QED) is 0.684. The van der Waals surface area contributed by atoms with Gasteiger partial charge in [0.05, 0.1) is 24.7 Å². The maximum absolute atomic E-state index is 11.9. The fourth-order valence-electron chi connectivity index (χ4n) is 2.17.